The van der Waals surface area contributed by atoms with E-state index in [2.05, 4.69) is 17.4 Å². The van der Waals surface area contributed by atoms with E-state index in [1.54, 1.807) is 0 Å². The second-order valence-corrected chi connectivity index (χ2v) is 6.55. The lowest BCUT2D eigenvalue weighted by Gasteiger charge is -2.38. The van der Waals surface area contributed by atoms with Crippen molar-refractivity contribution in [2.24, 2.45) is 0 Å². The van der Waals surface area contributed by atoms with E-state index in [0.29, 0.717) is 6.54 Å². The fourth-order valence-corrected chi connectivity index (χ4v) is 3.62. The van der Waals surface area contributed by atoms with E-state index in [1.807, 2.05) is 18.2 Å². The standard InChI is InChI=1S/C20H22FNO2/c21-16-9-10-18(23)17(13-16)19(24)22-14-20(11-5-2-6-12-20)15-7-3-1-4-8-15/h1,3-4,7-10,13,23H,2,5-6,11-12,14H2,(H,22,24). The van der Waals surface area contributed by atoms with Gasteiger partial charge in [0.05, 0.1) is 5.56 Å². The van der Waals surface area contributed by atoms with Crippen molar-refractivity contribution in [1.82, 2.24) is 5.32 Å². The van der Waals surface area contributed by atoms with Crippen LogP contribution in [-0.4, -0.2) is 17.6 Å². The molecule has 1 saturated carbocycles. The van der Waals surface area contributed by atoms with Crippen molar-refractivity contribution >= 4 is 5.91 Å². The van der Waals surface area contributed by atoms with Gasteiger partial charge in [-0.1, -0.05) is 49.6 Å². The molecule has 0 aliphatic heterocycles. The van der Waals surface area contributed by atoms with Crippen LogP contribution in [-0.2, 0) is 5.41 Å². The molecule has 0 unspecified atom stereocenters. The maximum absolute atomic E-state index is 13.4. The zero-order valence-electron chi connectivity index (χ0n) is 13.6. The maximum Gasteiger partial charge on any atom is 0.255 e. The topological polar surface area (TPSA) is 49.3 Å². The number of aromatic hydroxyl groups is 1. The Labute approximate surface area is 141 Å². The highest BCUT2D eigenvalue weighted by molar-refractivity contribution is 5.96. The molecular weight excluding hydrogens is 305 g/mol. The Morgan fingerprint density at radius 2 is 1.79 bits per heavy atom. The van der Waals surface area contributed by atoms with Gasteiger partial charge in [0.2, 0.25) is 0 Å². The number of rotatable bonds is 4. The van der Waals surface area contributed by atoms with Crippen molar-refractivity contribution in [1.29, 1.82) is 0 Å². The summed E-state index contributed by atoms with van der Waals surface area (Å²) in [6.07, 6.45) is 5.53. The largest absolute Gasteiger partial charge is 0.507 e. The first-order chi connectivity index (χ1) is 11.6. The minimum Gasteiger partial charge on any atom is -0.507 e. The number of hydrogen-bond acceptors (Lipinski definition) is 2. The molecule has 3 rings (SSSR count). The molecule has 1 fully saturated rings. The highest BCUT2D eigenvalue weighted by Gasteiger charge is 2.34. The van der Waals surface area contributed by atoms with E-state index < -0.39 is 11.7 Å². The summed E-state index contributed by atoms with van der Waals surface area (Å²) in [5.74, 6) is -1.17. The van der Waals surface area contributed by atoms with Crippen molar-refractivity contribution in [3.8, 4) is 5.75 Å². The number of halogens is 1. The lowest BCUT2D eigenvalue weighted by molar-refractivity contribution is 0.0933. The molecule has 1 aliphatic rings. The van der Waals surface area contributed by atoms with Gasteiger partial charge in [-0.3, -0.25) is 4.79 Å². The lowest BCUT2D eigenvalue weighted by atomic mass is 9.69. The van der Waals surface area contributed by atoms with E-state index in [9.17, 15) is 14.3 Å². The predicted octanol–water partition coefficient (Wildman–Crippen LogP) is 4.16. The van der Waals surface area contributed by atoms with Crippen LogP contribution in [0.15, 0.2) is 48.5 Å². The number of carbonyl (C=O) groups is 1. The Morgan fingerprint density at radius 3 is 2.50 bits per heavy atom. The Kier molecular flexibility index (Phi) is 4.84. The Morgan fingerprint density at radius 1 is 1.08 bits per heavy atom. The molecule has 0 bridgehead atoms. The van der Waals surface area contributed by atoms with Gasteiger partial charge in [-0.25, -0.2) is 4.39 Å². The molecule has 126 valence electrons. The molecule has 0 heterocycles. The lowest BCUT2D eigenvalue weighted by Crippen LogP contribution is -2.42. The SMILES string of the molecule is O=C(NCC1(c2ccccc2)CCCCC1)c1cc(F)ccc1O. The van der Waals surface area contributed by atoms with Crippen molar-refractivity contribution in [3.63, 3.8) is 0 Å². The molecule has 0 radical (unpaired) electrons. The minimum atomic E-state index is -0.534. The first-order valence-corrected chi connectivity index (χ1v) is 8.43. The smallest absolute Gasteiger partial charge is 0.255 e. The van der Waals surface area contributed by atoms with Crippen LogP contribution in [0.5, 0.6) is 5.75 Å². The number of amides is 1. The minimum absolute atomic E-state index is 0.0194. The summed E-state index contributed by atoms with van der Waals surface area (Å²) in [6, 6.07) is 13.7. The van der Waals surface area contributed by atoms with Crippen LogP contribution in [0, 0.1) is 5.82 Å². The number of carbonyl (C=O) groups excluding carboxylic acids is 1. The monoisotopic (exact) mass is 327 g/mol. The summed E-state index contributed by atoms with van der Waals surface area (Å²) in [6.45, 7) is 0.492. The van der Waals surface area contributed by atoms with E-state index >= 15 is 0 Å². The summed E-state index contributed by atoms with van der Waals surface area (Å²) in [4.78, 5) is 12.4. The molecule has 1 amide bonds. The quantitative estimate of drug-likeness (QED) is 0.886. The normalized spacial score (nSPS) is 16.5. The van der Waals surface area contributed by atoms with E-state index in [1.165, 1.54) is 18.1 Å². The Balaban J connectivity index is 1.79. The summed E-state index contributed by atoms with van der Waals surface area (Å²) in [7, 11) is 0. The van der Waals surface area contributed by atoms with Gasteiger partial charge in [-0.2, -0.15) is 0 Å². The number of hydrogen-bond donors (Lipinski definition) is 2. The van der Waals surface area contributed by atoms with Crippen LogP contribution >= 0.6 is 0 Å². The molecule has 0 aromatic heterocycles. The van der Waals surface area contributed by atoms with Crippen molar-refractivity contribution in [2.75, 3.05) is 6.54 Å². The Bertz CT molecular complexity index is 709. The molecule has 24 heavy (non-hydrogen) atoms. The first kappa shape index (κ1) is 16.5. The molecule has 3 nitrogen and oxygen atoms in total. The van der Waals surface area contributed by atoms with E-state index in [-0.39, 0.29) is 16.7 Å². The number of phenolic OH excluding ortho intramolecular Hbond substituents is 1. The molecule has 1 aliphatic carbocycles. The van der Waals surface area contributed by atoms with Crippen LogP contribution in [0.2, 0.25) is 0 Å². The number of benzene rings is 2. The highest BCUT2D eigenvalue weighted by Crippen LogP contribution is 2.39. The number of nitrogens with one attached hydrogen (secondary N) is 1. The van der Waals surface area contributed by atoms with Crippen LogP contribution in [0.3, 0.4) is 0 Å². The fourth-order valence-electron chi connectivity index (χ4n) is 3.62. The molecule has 2 aromatic rings. The molecule has 2 aromatic carbocycles. The third kappa shape index (κ3) is 3.42. The van der Waals surface area contributed by atoms with E-state index in [4.69, 9.17) is 0 Å². The summed E-state index contributed by atoms with van der Waals surface area (Å²) in [5, 5.41) is 12.7. The average molecular weight is 327 g/mol. The summed E-state index contributed by atoms with van der Waals surface area (Å²) >= 11 is 0. The van der Waals surface area contributed by atoms with E-state index in [0.717, 1.165) is 37.8 Å². The number of phenols is 1. The Hall–Kier alpha value is -2.36. The molecule has 2 N–H and O–H groups in total. The van der Waals surface area contributed by atoms with Gasteiger partial charge in [0.1, 0.15) is 11.6 Å². The maximum atomic E-state index is 13.4. The summed E-state index contributed by atoms with van der Waals surface area (Å²) < 4.78 is 13.4. The second kappa shape index (κ2) is 7.04. The zero-order valence-corrected chi connectivity index (χ0v) is 13.6. The summed E-state index contributed by atoms with van der Waals surface area (Å²) in [5.41, 5.74) is 1.13. The van der Waals surface area contributed by atoms with Crippen molar-refractivity contribution in [2.45, 2.75) is 37.5 Å². The van der Waals surface area contributed by atoms with Crippen LogP contribution < -0.4 is 5.32 Å². The molecule has 0 saturated heterocycles. The van der Waals surface area contributed by atoms with Crippen LogP contribution in [0.4, 0.5) is 4.39 Å². The van der Waals surface area contributed by atoms with Gasteiger partial charge in [0.15, 0.2) is 0 Å². The predicted molar refractivity (Wildman–Crippen MR) is 91.6 cm³/mol. The van der Waals surface area contributed by atoms with Gasteiger partial charge in [-0.05, 0) is 36.6 Å². The van der Waals surface area contributed by atoms with Gasteiger partial charge in [0, 0.05) is 12.0 Å². The van der Waals surface area contributed by atoms with Crippen molar-refractivity contribution in [3.05, 3.63) is 65.5 Å². The van der Waals surface area contributed by atoms with Gasteiger partial charge in [-0.15, -0.1) is 0 Å². The van der Waals surface area contributed by atoms with Gasteiger partial charge < -0.3 is 10.4 Å². The second-order valence-electron chi connectivity index (χ2n) is 6.55. The molecule has 0 atom stereocenters. The van der Waals surface area contributed by atoms with Crippen LogP contribution in [0.25, 0.3) is 0 Å². The third-order valence-electron chi connectivity index (χ3n) is 4.99. The zero-order chi connectivity index (χ0) is 17.0. The first-order valence-electron chi connectivity index (χ1n) is 8.43. The highest BCUT2D eigenvalue weighted by atomic mass is 19.1. The average Bonchev–Trinajstić information content (AvgIpc) is 2.63. The van der Waals surface area contributed by atoms with Gasteiger partial charge >= 0.3 is 0 Å². The third-order valence-corrected chi connectivity index (χ3v) is 4.99. The fraction of sp³-hybridized carbons (Fsp3) is 0.350. The van der Waals surface area contributed by atoms with Crippen LogP contribution in [0.1, 0.15) is 48.0 Å². The van der Waals surface area contributed by atoms with Crippen molar-refractivity contribution < 1.29 is 14.3 Å². The molecular formula is C20H22FNO2. The molecule has 4 heteroatoms. The van der Waals surface area contributed by atoms with Gasteiger partial charge in [0.25, 0.3) is 5.91 Å². The molecule has 0 spiro atoms.